The summed E-state index contributed by atoms with van der Waals surface area (Å²) >= 11 is 0. The normalized spacial score (nSPS) is 10.7. The molecule has 98 valence electrons. The molecule has 1 N–H and O–H groups in total. The summed E-state index contributed by atoms with van der Waals surface area (Å²) in [7, 11) is 1.56. The highest BCUT2D eigenvalue weighted by Crippen LogP contribution is 2.23. The lowest BCUT2D eigenvalue weighted by Gasteiger charge is -2.05. The molecule has 0 saturated carbocycles. The number of aromatic amines is 1. The summed E-state index contributed by atoms with van der Waals surface area (Å²) in [4.78, 5) is 19.0. The highest BCUT2D eigenvalue weighted by atomic mass is 16.1. The zero-order valence-corrected chi connectivity index (χ0v) is 11.0. The number of nitrogens with one attached hydrogen (secondary N) is 1. The van der Waals surface area contributed by atoms with E-state index in [0.29, 0.717) is 5.69 Å². The summed E-state index contributed by atoms with van der Waals surface area (Å²) < 4.78 is 1.22. The van der Waals surface area contributed by atoms with Crippen molar-refractivity contribution >= 4 is 11.0 Å². The number of nitriles is 1. The van der Waals surface area contributed by atoms with Gasteiger partial charge < -0.3 is 4.98 Å². The monoisotopic (exact) mass is 265 g/mol. The van der Waals surface area contributed by atoms with Gasteiger partial charge in [0, 0.05) is 18.7 Å². The van der Waals surface area contributed by atoms with Crippen molar-refractivity contribution in [3.05, 3.63) is 46.0 Å². The Morgan fingerprint density at radius 1 is 1.35 bits per heavy atom. The van der Waals surface area contributed by atoms with Gasteiger partial charge in [0.05, 0.1) is 16.6 Å². The van der Waals surface area contributed by atoms with Gasteiger partial charge in [-0.15, -0.1) is 0 Å². The Balaban J connectivity index is 2.27. The molecule has 0 aliphatic rings. The Bertz CT molecular complexity index is 913. The summed E-state index contributed by atoms with van der Waals surface area (Å²) in [5.74, 6) is 0.825. The highest BCUT2D eigenvalue weighted by molar-refractivity contribution is 5.82. The number of benzene rings is 1. The van der Waals surface area contributed by atoms with Crippen LogP contribution < -0.4 is 5.56 Å². The first kappa shape index (κ1) is 12.1. The number of H-pyrrole nitrogens is 1. The van der Waals surface area contributed by atoms with Crippen molar-refractivity contribution in [3.8, 4) is 17.3 Å². The number of aryl methyl sites for hydroxylation is 2. The number of fused-ring (bicyclic) bond motifs is 1. The Kier molecular flexibility index (Phi) is 2.61. The van der Waals surface area contributed by atoms with Gasteiger partial charge in [-0.25, -0.2) is 9.67 Å². The topological polar surface area (TPSA) is 87.4 Å². The molecule has 0 aliphatic carbocycles. The van der Waals surface area contributed by atoms with Crippen molar-refractivity contribution < 1.29 is 0 Å². The molecule has 3 aromatic rings. The van der Waals surface area contributed by atoms with Crippen molar-refractivity contribution in [1.82, 2.24) is 19.7 Å². The van der Waals surface area contributed by atoms with Crippen LogP contribution >= 0.6 is 0 Å². The van der Waals surface area contributed by atoms with Gasteiger partial charge in [-0.3, -0.25) is 4.79 Å². The average Bonchev–Trinajstić information content (AvgIpc) is 2.80. The fourth-order valence-electron chi connectivity index (χ4n) is 2.12. The Morgan fingerprint density at radius 2 is 2.15 bits per heavy atom. The molecule has 6 heteroatoms. The molecule has 0 atom stereocenters. The van der Waals surface area contributed by atoms with Gasteiger partial charge >= 0.3 is 0 Å². The quantitative estimate of drug-likeness (QED) is 0.722. The van der Waals surface area contributed by atoms with E-state index in [1.54, 1.807) is 7.05 Å². The number of rotatable bonds is 1. The van der Waals surface area contributed by atoms with Gasteiger partial charge in [-0.2, -0.15) is 10.4 Å². The number of imidazole rings is 1. The van der Waals surface area contributed by atoms with Crippen LogP contribution in [0.2, 0.25) is 0 Å². The highest BCUT2D eigenvalue weighted by Gasteiger charge is 2.11. The van der Waals surface area contributed by atoms with Crippen LogP contribution in [-0.2, 0) is 7.05 Å². The largest absolute Gasteiger partial charge is 0.342 e. The molecule has 0 unspecified atom stereocenters. The Labute approximate surface area is 114 Å². The van der Waals surface area contributed by atoms with Crippen LogP contribution in [0.15, 0.2) is 29.1 Å². The van der Waals surface area contributed by atoms with Crippen LogP contribution in [0.1, 0.15) is 11.4 Å². The Hall–Kier alpha value is -2.94. The molecular formula is C14H11N5O. The third-order valence-electron chi connectivity index (χ3n) is 3.09. The zero-order valence-electron chi connectivity index (χ0n) is 11.0. The molecule has 0 saturated heterocycles. The fourth-order valence-corrected chi connectivity index (χ4v) is 2.12. The number of nitrogens with zero attached hydrogens (tertiary/aromatic N) is 4. The minimum Gasteiger partial charge on any atom is -0.342 e. The second-order valence-electron chi connectivity index (χ2n) is 4.53. The minimum atomic E-state index is -0.302. The van der Waals surface area contributed by atoms with Crippen LogP contribution in [-0.4, -0.2) is 19.7 Å². The van der Waals surface area contributed by atoms with Gasteiger partial charge in [0.15, 0.2) is 0 Å². The molecule has 1 aromatic carbocycles. The standard InChI is InChI=1S/C14H11N5O/c1-8-16-11-4-3-9(5-12(11)17-8)14-10(7-15)6-13(20)19(2)18-14/h3-6H,1-2H3,(H,16,17). The van der Waals surface area contributed by atoms with Crippen LogP contribution in [0.5, 0.6) is 0 Å². The lowest BCUT2D eigenvalue weighted by molar-refractivity contribution is 0.710. The third-order valence-corrected chi connectivity index (χ3v) is 3.09. The van der Waals surface area contributed by atoms with Gasteiger partial charge in [0.25, 0.3) is 5.56 Å². The van der Waals surface area contributed by atoms with Crippen LogP contribution in [0.25, 0.3) is 22.3 Å². The smallest absolute Gasteiger partial charge is 0.267 e. The molecule has 6 nitrogen and oxygen atoms in total. The van der Waals surface area contributed by atoms with E-state index >= 15 is 0 Å². The summed E-state index contributed by atoms with van der Waals surface area (Å²) in [5.41, 5.74) is 2.96. The fraction of sp³-hybridized carbons (Fsp3) is 0.143. The summed E-state index contributed by atoms with van der Waals surface area (Å²) in [6.45, 7) is 1.88. The first-order valence-corrected chi connectivity index (χ1v) is 6.03. The SMILES string of the molecule is Cc1nc2ccc(-c3nn(C)c(=O)cc3C#N)cc2[nH]1. The van der Waals surface area contributed by atoms with Gasteiger partial charge in [0.1, 0.15) is 17.6 Å². The van der Waals surface area contributed by atoms with Gasteiger partial charge in [0.2, 0.25) is 0 Å². The Morgan fingerprint density at radius 3 is 2.90 bits per heavy atom. The second kappa shape index (κ2) is 4.31. The molecule has 0 aliphatic heterocycles. The second-order valence-corrected chi connectivity index (χ2v) is 4.53. The van der Waals surface area contributed by atoms with Crippen LogP contribution in [0.3, 0.4) is 0 Å². The molecule has 2 heterocycles. The van der Waals surface area contributed by atoms with Gasteiger partial charge in [-0.05, 0) is 19.1 Å². The number of hydrogen-bond donors (Lipinski definition) is 1. The predicted molar refractivity (Wildman–Crippen MR) is 74.0 cm³/mol. The molecular weight excluding hydrogens is 254 g/mol. The van der Waals surface area contributed by atoms with E-state index in [1.807, 2.05) is 31.2 Å². The average molecular weight is 265 g/mol. The molecule has 0 spiro atoms. The number of aromatic nitrogens is 4. The molecule has 3 rings (SSSR count). The summed E-state index contributed by atoms with van der Waals surface area (Å²) in [5, 5.41) is 13.3. The van der Waals surface area contributed by atoms with E-state index in [9.17, 15) is 4.79 Å². The first-order valence-electron chi connectivity index (χ1n) is 6.03. The van der Waals surface area contributed by atoms with Crippen LogP contribution in [0.4, 0.5) is 0 Å². The van der Waals surface area contributed by atoms with Crippen molar-refractivity contribution in [1.29, 1.82) is 5.26 Å². The van der Waals surface area contributed by atoms with Crippen molar-refractivity contribution in [2.45, 2.75) is 6.92 Å². The maximum absolute atomic E-state index is 11.5. The maximum atomic E-state index is 11.5. The summed E-state index contributed by atoms with van der Waals surface area (Å²) in [6.07, 6.45) is 0. The minimum absolute atomic E-state index is 0.267. The van der Waals surface area contributed by atoms with E-state index in [-0.39, 0.29) is 11.1 Å². The van der Waals surface area contributed by atoms with E-state index < -0.39 is 0 Å². The third kappa shape index (κ3) is 1.86. The van der Waals surface area contributed by atoms with Crippen LogP contribution in [0, 0.1) is 18.3 Å². The zero-order chi connectivity index (χ0) is 14.3. The van der Waals surface area contributed by atoms with Gasteiger partial charge in [-0.1, -0.05) is 6.07 Å². The first-order chi connectivity index (χ1) is 9.58. The molecule has 0 bridgehead atoms. The number of hydrogen-bond acceptors (Lipinski definition) is 4. The molecule has 20 heavy (non-hydrogen) atoms. The van der Waals surface area contributed by atoms with Crippen molar-refractivity contribution in [2.75, 3.05) is 0 Å². The van der Waals surface area contributed by atoms with Crippen molar-refractivity contribution in [2.24, 2.45) is 7.05 Å². The van der Waals surface area contributed by atoms with E-state index in [4.69, 9.17) is 5.26 Å². The molecule has 0 fully saturated rings. The molecule has 0 amide bonds. The van der Waals surface area contributed by atoms with E-state index in [0.717, 1.165) is 22.4 Å². The lowest BCUT2D eigenvalue weighted by atomic mass is 10.1. The lowest BCUT2D eigenvalue weighted by Crippen LogP contribution is -2.20. The predicted octanol–water partition coefficient (Wildman–Crippen LogP) is 1.50. The maximum Gasteiger partial charge on any atom is 0.267 e. The van der Waals surface area contributed by atoms with E-state index in [1.165, 1.54) is 10.7 Å². The molecule has 2 aromatic heterocycles. The molecule has 0 radical (unpaired) electrons. The van der Waals surface area contributed by atoms with E-state index in [2.05, 4.69) is 15.1 Å². The van der Waals surface area contributed by atoms with Crippen molar-refractivity contribution in [3.63, 3.8) is 0 Å². The summed E-state index contributed by atoms with van der Waals surface area (Å²) in [6, 6.07) is 8.89.